The minimum Gasteiger partial charge on any atom is -0.435 e. The van der Waals surface area contributed by atoms with Gasteiger partial charge in [0.1, 0.15) is 5.92 Å². The smallest absolute Gasteiger partial charge is 0.412 e. The first-order chi connectivity index (χ1) is 14.7. The van der Waals surface area contributed by atoms with Gasteiger partial charge in [-0.1, -0.05) is 18.2 Å². The van der Waals surface area contributed by atoms with Gasteiger partial charge in [-0.05, 0) is 31.9 Å². The number of carbonyl (C=O) groups is 3. The zero-order valence-electron chi connectivity index (χ0n) is 17.8. The molecule has 2 atom stereocenters. The number of hydrogen-bond acceptors (Lipinski definition) is 6. The Balaban J connectivity index is 1.84. The van der Waals surface area contributed by atoms with E-state index in [1.165, 1.54) is 16.3 Å². The molecule has 1 aromatic carbocycles. The third kappa shape index (κ3) is 4.24. The van der Waals surface area contributed by atoms with E-state index in [-0.39, 0.29) is 31.7 Å². The summed E-state index contributed by atoms with van der Waals surface area (Å²) in [4.78, 5) is 39.8. The monoisotopic (exact) mass is 452 g/mol. The van der Waals surface area contributed by atoms with Gasteiger partial charge in [-0.3, -0.25) is 14.9 Å². The largest absolute Gasteiger partial charge is 0.435 e. The predicted molar refractivity (Wildman–Crippen MR) is 114 cm³/mol. The van der Waals surface area contributed by atoms with Crippen molar-refractivity contribution in [2.45, 2.75) is 31.4 Å². The lowest BCUT2D eigenvalue weighted by Crippen LogP contribution is -2.58. The first-order valence-corrected chi connectivity index (χ1v) is 11.8. The molecule has 3 rings (SSSR count). The summed E-state index contributed by atoms with van der Waals surface area (Å²) < 4.78 is 31.3. The number of likely N-dealkylation sites (N-methyl/N-ethyl adjacent to an activating group) is 1. The number of nitrogens with one attached hydrogen (secondary N) is 2. The minimum atomic E-state index is -3.37. The number of likely N-dealkylation sites (tertiary alicyclic amines) is 1. The number of nitrogens with zero attached hydrogens (tertiary/aromatic N) is 2. The minimum absolute atomic E-state index is 0.0148. The molecule has 2 fully saturated rings. The molecule has 1 aromatic rings. The fourth-order valence-corrected chi connectivity index (χ4v) is 5.57. The molecule has 2 saturated heterocycles. The molecule has 1 spiro atoms. The van der Waals surface area contributed by atoms with Crippen molar-refractivity contribution in [2.24, 2.45) is 5.92 Å². The molecule has 2 aliphatic rings. The molecule has 0 aliphatic carbocycles. The van der Waals surface area contributed by atoms with Gasteiger partial charge in [0.15, 0.2) is 6.10 Å². The Morgan fingerprint density at radius 1 is 1.19 bits per heavy atom. The molecule has 3 amide bonds. The van der Waals surface area contributed by atoms with Crippen LogP contribution in [0.5, 0.6) is 0 Å². The Bertz CT molecular complexity index is 944. The Hall–Kier alpha value is -2.66. The molecule has 2 N–H and O–H groups in total. The van der Waals surface area contributed by atoms with Crippen LogP contribution >= 0.6 is 0 Å². The quantitative estimate of drug-likeness (QED) is 0.675. The van der Waals surface area contributed by atoms with Gasteiger partial charge in [0.25, 0.3) is 5.91 Å². The van der Waals surface area contributed by atoms with Crippen LogP contribution < -0.4 is 10.6 Å². The highest BCUT2D eigenvalue weighted by molar-refractivity contribution is 7.89. The van der Waals surface area contributed by atoms with Crippen molar-refractivity contribution in [1.82, 2.24) is 14.5 Å². The summed E-state index contributed by atoms with van der Waals surface area (Å²) in [5.41, 5.74) is -0.440. The topological polar surface area (TPSA) is 125 Å². The second-order valence-electron chi connectivity index (χ2n) is 7.71. The Morgan fingerprint density at radius 2 is 1.81 bits per heavy atom. The van der Waals surface area contributed by atoms with Gasteiger partial charge in [0.2, 0.25) is 15.9 Å². The van der Waals surface area contributed by atoms with Crippen LogP contribution in [0.2, 0.25) is 0 Å². The summed E-state index contributed by atoms with van der Waals surface area (Å²) >= 11 is 0. The third-order valence-corrected chi connectivity index (χ3v) is 8.13. The molecule has 170 valence electrons. The van der Waals surface area contributed by atoms with E-state index in [2.05, 4.69) is 10.6 Å². The maximum Gasteiger partial charge on any atom is 0.412 e. The second-order valence-corrected chi connectivity index (χ2v) is 9.97. The van der Waals surface area contributed by atoms with Crippen LogP contribution in [-0.2, 0) is 24.3 Å². The predicted octanol–water partition coefficient (Wildman–Crippen LogP) is 0.622. The highest BCUT2D eigenvalue weighted by Crippen LogP contribution is 2.44. The van der Waals surface area contributed by atoms with Crippen molar-refractivity contribution in [1.29, 1.82) is 0 Å². The molecule has 0 aromatic heterocycles. The molecular formula is C20H28N4O6S. The molecule has 0 bridgehead atoms. The molecule has 0 radical (unpaired) electrons. The molecule has 0 saturated carbocycles. The van der Waals surface area contributed by atoms with E-state index in [0.717, 1.165) is 0 Å². The first kappa shape index (κ1) is 23.0. The van der Waals surface area contributed by atoms with Gasteiger partial charge in [-0.25, -0.2) is 17.5 Å². The van der Waals surface area contributed by atoms with Crippen molar-refractivity contribution < 1.29 is 27.5 Å². The van der Waals surface area contributed by atoms with Gasteiger partial charge in [0, 0.05) is 32.9 Å². The maximum absolute atomic E-state index is 13.0. The molecule has 31 heavy (non-hydrogen) atoms. The number of benzene rings is 1. The van der Waals surface area contributed by atoms with Gasteiger partial charge in [-0.15, -0.1) is 0 Å². The van der Waals surface area contributed by atoms with Crippen LogP contribution in [-0.4, -0.2) is 80.1 Å². The number of anilines is 1. The van der Waals surface area contributed by atoms with Gasteiger partial charge in [0.05, 0.1) is 11.3 Å². The number of ether oxygens (including phenoxy) is 1. The number of carbonyl (C=O) groups excluding carboxylic acids is 3. The molecule has 0 unspecified atom stereocenters. The van der Waals surface area contributed by atoms with Crippen LogP contribution in [0.25, 0.3) is 0 Å². The maximum atomic E-state index is 13.0. The standard InChI is InChI=1S/C20H28N4O6S/c1-4-31(28,29)24-12-10-20(11-13-24)15(17(25)21-2)16(18(26)23(20)3)30-19(27)22-14-8-6-5-7-9-14/h5-9,15-16H,4,10-13H2,1-3H3,(H,21,25)(H,22,27)/t15-,16+/m0/s1. The lowest BCUT2D eigenvalue weighted by molar-refractivity contribution is -0.137. The summed E-state index contributed by atoms with van der Waals surface area (Å²) in [6.07, 6.45) is -1.60. The molecule has 2 aliphatic heterocycles. The van der Waals surface area contributed by atoms with E-state index in [0.29, 0.717) is 5.69 Å². The fraction of sp³-hybridized carbons (Fsp3) is 0.550. The lowest BCUT2D eigenvalue weighted by Gasteiger charge is -2.45. The Kier molecular flexibility index (Phi) is 6.56. The van der Waals surface area contributed by atoms with Crippen molar-refractivity contribution >= 4 is 33.6 Å². The zero-order valence-corrected chi connectivity index (χ0v) is 18.6. The zero-order chi connectivity index (χ0) is 22.8. The molecular weight excluding hydrogens is 424 g/mol. The second kappa shape index (κ2) is 8.83. The number of amides is 3. The summed E-state index contributed by atoms with van der Waals surface area (Å²) in [5.74, 6) is -1.88. The Labute approximate surface area is 182 Å². The summed E-state index contributed by atoms with van der Waals surface area (Å²) in [6, 6.07) is 8.62. The Morgan fingerprint density at radius 3 is 2.35 bits per heavy atom. The highest BCUT2D eigenvalue weighted by atomic mass is 32.2. The third-order valence-electron chi connectivity index (χ3n) is 6.25. The van der Waals surface area contributed by atoms with Gasteiger partial charge in [-0.2, -0.15) is 0 Å². The first-order valence-electron chi connectivity index (χ1n) is 10.2. The van der Waals surface area contributed by atoms with Gasteiger partial charge < -0.3 is 15.0 Å². The number of rotatable bonds is 5. The normalized spacial score (nSPS) is 23.6. The van der Waals surface area contributed by atoms with Crippen molar-refractivity contribution in [3.05, 3.63) is 30.3 Å². The van der Waals surface area contributed by atoms with Crippen LogP contribution in [0.15, 0.2) is 30.3 Å². The molecule has 11 heteroatoms. The summed E-state index contributed by atoms with van der Waals surface area (Å²) in [6.45, 7) is 1.95. The number of para-hydroxylation sites is 1. The van der Waals surface area contributed by atoms with Crippen LogP contribution in [0.1, 0.15) is 19.8 Å². The van der Waals surface area contributed by atoms with E-state index in [4.69, 9.17) is 4.74 Å². The fourth-order valence-electron chi connectivity index (χ4n) is 4.46. The van der Waals surface area contributed by atoms with Crippen molar-refractivity contribution in [3.63, 3.8) is 0 Å². The lowest BCUT2D eigenvalue weighted by atomic mass is 9.76. The average molecular weight is 453 g/mol. The van der Waals surface area contributed by atoms with E-state index in [9.17, 15) is 22.8 Å². The van der Waals surface area contributed by atoms with Gasteiger partial charge >= 0.3 is 6.09 Å². The number of hydrogen-bond donors (Lipinski definition) is 2. The summed E-state index contributed by atoms with van der Waals surface area (Å²) in [5, 5.41) is 5.12. The van der Waals surface area contributed by atoms with E-state index in [1.807, 2.05) is 0 Å². The number of sulfonamides is 1. The molecule has 2 heterocycles. The number of piperidine rings is 1. The molecule has 10 nitrogen and oxygen atoms in total. The highest BCUT2D eigenvalue weighted by Gasteiger charge is 2.62. The van der Waals surface area contributed by atoms with E-state index >= 15 is 0 Å². The van der Waals surface area contributed by atoms with E-state index in [1.54, 1.807) is 44.3 Å². The van der Waals surface area contributed by atoms with E-state index < -0.39 is 45.5 Å². The summed E-state index contributed by atoms with van der Waals surface area (Å²) in [7, 11) is -0.350. The van der Waals surface area contributed by atoms with Crippen molar-refractivity contribution in [2.75, 3.05) is 38.3 Å². The van der Waals surface area contributed by atoms with Crippen LogP contribution in [0.3, 0.4) is 0 Å². The van der Waals surface area contributed by atoms with Crippen molar-refractivity contribution in [3.8, 4) is 0 Å². The SMILES string of the molecule is CCS(=O)(=O)N1CCC2(CC1)[C@H](C(=O)NC)[C@@H](OC(=O)Nc1ccccc1)C(=O)N2C. The average Bonchev–Trinajstić information content (AvgIpc) is 2.96. The van der Waals surface area contributed by atoms with Crippen LogP contribution in [0, 0.1) is 5.92 Å². The van der Waals surface area contributed by atoms with Crippen LogP contribution in [0.4, 0.5) is 10.5 Å².